The number of aryl methyl sites for hydroxylation is 3. The van der Waals surface area contributed by atoms with Crippen molar-refractivity contribution < 1.29 is 0 Å². The minimum atomic E-state index is 0.463. The van der Waals surface area contributed by atoms with Gasteiger partial charge in [-0.1, -0.05) is 19.8 Å². The molecule has 0 aromatic carbocycles. The Morgan fingerprint density at radius 1 is 1.24 bits per heavy atom. The summed E-state index contributed by atoms with van der Waals surface area (Å²) >= 11 is 8.01. The van der Waals surface area contributed by atoms with Crippen molar-refractivity contribution in [2.45, 2.75) is 51.5 Å². The van der Waals surface area contributed by atoms with Gasteiger partial charge in [0.15, 0.2) is 5.65 Å². The second-order valence-corrected chi connectivity index (χ2v) is 6.61. The fourth-order valence-corrected chi connectivity index (χ4v) is 3.42. The van der Waals surface area contributed by atoms with Crippen molar-refractivity contribution in [3.05, 3.63) is 11.5 Å². The number of hydrogen-bond acceptors (Lipinski definition) is 3. The molecule has 0 aliphatic carbocycles. The fraction of sp³-hybridized carbons (Fsp3) is 0.733. The molecule has 4 nitrogen and oxygen atoms in total. The molecule has 0 bridgehead atoms. The number of aromatic nitrogens is 4. The number of halogens is 1. The zero-order valence-electron chi connectivity index (χ0n) is 13.2. The minimum Gasteiger partial charge on any atom is -0.312 e. The summed E-state index contributed by atoms with van der Waals surface area (Å²) < 4.78 is 4.22. The lowest BCUT2D eigenvalue weighted by atomic mass is 10.2. The highest BCUT2D eigenvalue weighted by atomic mass is 35.5. The van der Waals surface area contributed by atoms with Crippen molar-refractivity contribution in [3.8, 4) is 0 Å². The van der Waals surface area contributed by atoms with E-state index in [1.807, 2.05) is 23.5 Å². The Balaban J connectivity index is 2.20. The van der Waals surface area contributed by atoms with Crippen LogP contribution in [0.3, 0.4) is 0 Å². The zero-order valence-corrected chi connectivity index (χ0v) is 14.8. The van der Waals surface area contributed by atoms with Crippen molar-refractivity contribution in [2.75, 3.05) is 12.0 Å². The molecular formula is C15H25ClN4S. The summed E-state index contributed by atoms with van der Waals surface area (Å²) in [5, 5.41) is 4.62. The molecule has 0 radical (unpaired) electrons. The molecule has 0 fully saturated rings. The molecule has 0 spiro atoms. The first-order valence-corrected chi connectivity index (χ1v) is 9.61. The highest BCUT2D eigenvalue weighted by Crippen LogP contribution is 2.22. The van der Waals surface area contributed by atoms with Gasteiger partial charge in [0.1, 0.15) is 11.3 Å². The first-order valence-electron chi connectivity index (χ1n) is 7.68. The normalized spacial score (nSPS) is 11.6. The van der Waals surface area contributed by atoms with Gasteiger partial charge in [-0.3, -0.25) is 4.68 Å². The Morgan fingerprint density at radius 2 is 2.05 bits per heavy atom. The number of hydrogen-bond donors (Lipinski definition) is 0. The molecule has 0 saturated heterocycles. The zero-order chi connectivity index (χ0) is 15.2. The van der Waals surface area contributed by atoms with Gasteiger partial charge in [-0.2, -0.15) is 16.9 Å². The second-order valence-electron chi connectivity index (χ2n) is 5.36. The van der Waals surface area contributed by atoms with Crippen LogP contribution in [-0.4, -0.2) is 31.3 Å². The number of nitrogens with zero attached hydrogens (tertiary/aromatic N) is 4. The maximum atomic E-state index is 6.09. The highest BCUT2D eigenvalue weighted by Gasteiger charge is 2.17. The Morgan fingerprint density at radius 3 is 2.71 bits per heavy atom. The van der Waals surface area contributed by atoms with Gasteiger partial charge in [0, 0.05) is 13.6 Å². The fourth-order valence-electron chi connectivity index (χ4n) is 2.72. The van der Waals surface area contributed by atoms with Crippen molar-refractivity contribution in [3.63, 3.8) is 0 Å². The average molecular weight is 329 g/mol. The molecule has 0 atom stereocenters. The number of thioether (sulfide) groups is 1. The number of imidazole rings is 1. The molecule has 0 aliphatic rings. The van der Waals surface area contributed by atoms with Crippen LogP contribution >= 0.6 is 23.4 Å². The number of fused-ring (bicyclic) bond motifs is 1. The largest absolute Gasteiger partial charge is 0.312 e. The molecule has 2 rings (SSSR count). The second kappa shape index (κ2) is 8.08. The summed E-state index contributed by atoms with van der Waals surface area (Å²) in [5.41, 5.74) is 3.26. The molecule has 0 aliphatic heterocycles. The SMILES string of the molecule is CCCc1nn(C)c2c1nc(CCl)n2CCCCCSC. The summed E-state index contributed by atoms with van der Waals surface area (Å²) in [6, 6.07) is 0. The van der Waals surface area contributed by atoms with Crippen LogP contribution < -0.4 is 0 Å². The summed E-state index contributed by atoms with van der Waals surface area (Å²) in [4.78, 5) is 4.73. The lowest BCUT2D eigenvalue weighted by Gasteiger charge is -2.08. The molecule has 118 valence electrons. The Labute approximate surface area is 136 Å². The van der Waals surface area contributed by atoms with Crippen LogP contribution in [0, 0.1) is 0 Å². The average Bonchev–Trinajstić information content (AvgIpc) is 2.98. The predicted octanol–water partition coefficient (Wildman–Crippen LogP) is 3.99. The first kappa shape index (κ1) is 16.7. The van der Waals surface area contributed by atoms with Gasteiger partial charge >= 0.3 is 0 Å². The van der Waals surface area contributed by atoms with Crippen LogP contribution in [0.2, 0.25) is 0 Å². The van der Waals surface area contributed by atoms with Crippen LogP contribution in [0.1, 0.15) is 44.1 Å². The van der Waals surface area contributed by atoms with Gasteiger partial charge in [0.2, 0.25) is 0 Å². The summed E-state index contributed by atoms with van der Waals surface area (Å²) in [7, 11) is 2.01. The third kappa shape index (κ3) is 3.75. The summed E-state index contributed by atoms with van der Waals surface area (Å²) in [6.07, 6.45) is 7.93. The van der Waals surface area contributed by atoms with Gasteiger partial charge in [-0.25, -0.2) is 4.98 Å². The molecular weight excluding hydrogens is 304 g/mol. The Bertz CT molecular complexity index is 576. The molecule has 0 amide bonds. The van der Waals surface area contributed by atoms with E-state index in [0.717, 1.165) is 42.1 Å². The maximum Gasteiger partial charge on any atom is 0.158 e. The summed E-state index contributed by atoms with van der Waals surface area (Å²) in [6.45, 7) is 3.16. The van der Waals surface area contributed by atoms with Gasteiger partial charge in [0.25, 0.3) is 0 Å². The van der Waals surface area contributed by atoms with Crippen molar-refractivity contribution >= 4 is 34.5 Å². The van der Waals surface area contributed by atoms with E-state index in [1.54, 1.807) is 0 Å². The van der Waals surface area contributed by atoms with Gasteiger partial charge in [-0.05, 0) is 31.3 Å². The van der Waals surface area contributed by atoms with Crippen LogP contribution in [0.5, 0.6) is 0 Å². The van der Waals surface area contributed by atoms with E-state index in [9.17, 15) is 0 Å². The van der Waals surface area contributed by atoms with Crippen LogP contribution in [0.15, 0.2) is 0 Å². The predicted molar refractivity (Wildman–Crippen MR) is 92.3 cm³/mol. The summed E-state index contributed by atoms with van der Waals surface area (Å²) in [5.74, 6) is 2.68. The molecule has 6 heteroatoms. The van der Waals surface area contributed by atoms with Gasteiger partial charge in [0.05, 0.1) is 11.6 Å². The van der Waals surface area contributed by atoms with E-state index < -0.39 is 0 Å². The molecule has 2 heterocycles. The van der Waals surface area contributed by atoms with E-state index in [4.69, 9.17) is 16.6 Å². The number of rotatable bonds is 9. The van der Waals surface area contributed by atoms with Crippen molar-refractivity contribution in [1.29, 1.82) is 0 Å². The lowest BCUT2D eigenvalue weighted by molar-refractivity contribution is 0.586. The van der Waals surface area contributed by atoms with E-state index in [1.165, 1.54) is 25.0 Å². The molecule has 2 aromatic rings. The standard InChI is InChI=1S/C15H25ClN4S/c1-4-8-12-14-15(19(2)18-12)20(13(11-16)17-14)9-6-5-7-10-21-3/h4-11H2,1-3H3. The topological polar surface area (TPSA) is 35.6 Å². The molecule has 21 heavy (non-hydrogen) atoms. The quantitative estimate of drug-likeness (QED) is 0.515. The van der Waals surface area contributed by atoms with Crippen LogP contribution in [-0.2, 0) is 25.9 Å². The highest BCUT2D eigenvalue weighted by molar-refractivity contribution is 7.98. The Kier molecular flexibility index (Phi) is 6.42. The lowest BCUT2D eigenvalue weighted by Crippen LogP contribution is -2.07. The third-order valence-corrected chi connectivity index (χ3v) is 4.64. The van der Waals surface area contributed by atoms with Crippen LogP contribution in [0.25, 0.3) is 11.2 Å². The minimum absolute atomic E-state index is 0.463. The van der Waals surface area contributed by atoms with Crippen molar-refractivity contribution in [2.24, 2.45) is 7.05 Å². The first-order chi connectivity index (χ1) is 10.2. The molecule has 0 saturated carbocycles. The third-order valence-electron chi connectivity index (χ3n) is 3.71. The molecule has 0 N–H and O–H groups in total. The van der Waals surface area contributed by atoms with E-state index in [0.29, 0.717) is 5.88 Å². The van der Waals surface area contributed by atoms with Gasteiger partial charge in [-0.15, -0.1) is 11.6 Å². The number of alkyl halides is 1. The van der Waals surface area contributed by atoms with E-state index in [-0.39, 0.29) is 0 Å². The van der Waals surface area contributed by atoms with E-state index in [2.05, 4.69) is 22.8 Å². The smallest absolute Gasteiger partial charge is 0.158 e. The monoisotopic (exact) mass is 328 g/mol. The van der Waals surface area contributed by atoms with Crippen LogP contribution in [0.4, 0.5) is 0 Å². The molecule has 0 unspecified atom stereocenters. The maximum absolute atomic E-state index is 6.09. The van der Waals surface area contributed by atoms with E-state index >= 15 is 0 Å². The Hall–Kier alpha value is -0.680. The van der Waals surface area contributed by atoms with Crippen molar-refractivity contribution in [1.82, 2.24) is 19.3 Å². The number of unbranched alkanes of at least 4 members (excludes halogenated alkanes) is 2. The molecule has 2 aromatic heterocycles. The van der Waals surface area contributed by atoms with Gasteiger partial charge < -0.3 is 4.57 Å².